The summed E-state index contributed by atoms with van der Waals surface area (Å²) in [6.45, 7) is 4.19. The summed E-state index contributed by atoms with van der Waals surface area (Å²) in [6.07, 6.45) is 1.31. The minimum Gasteiger partial charge on any atom is -0.481 e. The van der Waals surface area contributed by atoms with Gasteiger partial charge in [0.05, 0.1) is 19.1 Å². The molecule has 1 unspecified atom stereocenters. The van der Waals surface area contributed by atoms with Crippen molar-refractivity contribution in [1.29, 1.82) is 0 Å². The summed E-state index contributed by atoms with van der Waals surface area (Å²) in [5.41, 5.74) is 1.09. The molecule has 1 aromatic rings. The van der Waals surface area contributed by atoms with Gasteiger partial charge in [-0.1, -0.05) is 30.3 Å². The van der Waals surface area contributed by atoms with E-state index in [0.717, 1.165) is 38.4 Å². The van der Waals surface area contributed by atoms with Gasteiger partial charge in [-0.15, -0.1) is 0 Å². The number of hydrogen-bond acceptors (Lipinski definition) is 3. The van der Waals surface area contributed by atoms with Gasteiger partial charge in [-0.2, -0.15) is 0 Å². The van der Waals surface area contributed by atoms with Crippen molar-refractivity contribution >= 4 is 5.97 Å². The smallest absolute Gasteiger partial charge is 0.306 e. The molecule has 1 heterocycles. The number of aliphatic carboxylic acids is 1. The predicted molar refractivity (Wildman–Crippen MR) is 73.1 cm³/mol. The second-order valence-electron chi connectivity index (χ2n) is 4.97. The third-order valence-electron chi connectivity index (χ3n) is 3.57. The van der Waals surface area contributed by atoms with E-state index in [9.17, 15) is 9.90 Å². The van der Waals surface area contributed by atoms with E-state index in [1.54, 1.807) is 0 Å². The normalized spacial score (nSPS) is 18.1. The molecule has 0 radical (unpaired) electrons. The van der Waals surface area contributed by atoms with Crippen LogP contribution in [0.2, 0.25) is 0 Å². The minimum atomic E-state index is -0.697. The Kier molecular flexibility index (Phi) is 5.36. The van der Waals surface area contributed by atoms with E-state index in [-0.39, 0.29) is 5.92 Å². The Labute approximate surface area is 114 Å². The summed E-state index contributed by atoms with van der Waals surface area (Å²) in [4.78, 5) is 13.6. The molecular weight excluding hydrogens is 242 g/mol. The highest BCUT2D eigenvalue weighted by Gasteiger charge is 2.20. The van der Waals surface area contributed by atoms with Crippen molar-refractivity contribution in [3.63, 3.8) is 0 Å². The summed E-state index contributed by atoms with van der Waals surface area (Å²) in [7, 11) is 0. The number of benzene rings is 1. The van der Waals surface area contributed by atoms with Gasteiger partial charge in [-0.05, 0) is 24.9 Å². The van der Waals surface area contributed by atoms with Crippen LogP contribution in [0.25, 0.3) is 0 Å². The van der Waals surface area contributed by atoms with Gasteiger partial charge < -0.3 is 9.84 Å². The Morgan fingerprint density at radius 2 is 1.95 bits per heavy atom. The average molecular weight is 263 g/mol. The molecule has 0 aliphatic carbocycles. The van der Waals surface area contributed by atoms with Crippen LogP contribution in [0.5, 0.6) is 0 Å². The van der Waals surface area contributed by atoms with E-state index >= 15 is 0 Å². The van der Waals surface area contributed by atoms with Gasteiger partial charge in [0.1, 0.15) is 0 Å². The van der Waals surface area contributed by atoms with E-state index in [1.807, 2.05) is 30.3 Å². The molecule has 0 spiro atoms. The maximum Gasteiger partial charge on any atom is 0.306 e. The Morgan fingerprint density at radius 3 is 2.58 bits per heavy atom. The van der Waals surface area contributed by atoms with Gasteiger partial charge in [0.25, 0.3) is 0 Å². The van der Waals surface area contributed by atoms with Crippen molar-refractivity contribution < 1.29 is 14.6 Å². The quantitative estimate of drug-likeness (QED) is 0.848. The maximum absolute atomic E-state index is 11.3. The summed E-state index contributed by atoms with van der Waals surface area (Å²) in [5, 5.41) is 9.32. The number of carboxylic acids is 1. The van der Waals surface area contributed by atoms with Gasteiger partial charge >= 0.3 is 5.97 Å². The van der Waals surface area contributed by atoms with Crippen LogP contribution in [0.4, 0.5) is 0 Å². The van der Waals surface area contributed by atoms with Crippen LogP contribution in [-0.4, -0.2) is 48.8 Å². The van der Waals surface area contributed by atoms with Gasteiger partial charge in [-0.3, -0.25) is 9.69 Å². The molecule has 0 amide bonds. The molecule has 1 aliphatic rings. The SMILES string of the molecule is O=C(O)C(CCN1CCOCC1)Cc1ccccc1. The monoisotopic (exact) mass is 263 g/mol. The second-order valence-corrected chi connectivity index (χ2v) is 4.97. The molecule has 0 aromatic heterocycles. The summed E-state index contributed by atoms with van der Waals surface area (Å²) in [6, 6.07) is 9.84. The van der Waals surface area contributed by atoms with E-state index in [4.69, 9.17) is 4.74 Å². The molecule has 19 heavy (non-hydrogen) atoms. The van der Waals surface area contributed by atoms with E-state index in [0.29, 0.717) is 12.8 Å². The Balaban J connectivity index is 1.84. The molecule has 1 N–H and O–H groups in total. The zero-order chi connectivity index (χ0) is 13.5. The molecule has 2 rings (SSSR count). The Hall–Kier alpha value is -1.39. The lowest BCUT2D eigenvalue weighted by Crippen LogP contribution is -2.38. The molecule has 0 saturated carbocycles. The molecule has 1 aromatic carbocycles. The number of hydrogen-bond donors (Lipinski definition) is 1. The molecule has 0 bridgehead atoms. The van der Waals surface area contributed by atoms with Crippen molar-refractivity contribution in [2.45, 2.75) is 12.8 Å². The molecule has 4 heteroatoms. The summed E-state index contributed by atoms with van der Waals surface area (Å²) in [5.74, 6) is -0.998. The van der Waals surface area contributed by atoms with Crippen LogP contribution >= 0.6 is 0 Å². The fourth-order valence-electron chi connectivity index (χ4n) is 2.37. The van der Waals surface area contributed by atoms with Crippen molar-refractivity contribution in [1.82, 2.24) is 4.90 Å². The van der Waals surface area contributed by atoms with Crippen LogP contribution in [0.1, 0.15) is 12.0 Å². The molecule has 4 nitrogen and oxygen atoms in total. The van der Waals surface area contributed by atoms with Crippen LogP contribution in [0.15, 0.2) is 30.3 Å². The largest absolute Gasteiger partial charge is 0.481 e. The third kappa shape index (κ3) is 4.65. The number of nitrogens with zero attached hydrogens (tertiary/aromatic N) is 1. The van der Waals surface area contributed by atoms with Crippen molar-refractivity contribution in [3.05, 3.63) is 35.9 Å². The van der Waals surface area contributed by atoms with Crippen molar-refractivity contribution in [2.75, 3.05) is 32.8 Å². The standard InChI is InChI=1S/C15H21NO3/c17-15(18)14(12-13-4-2-1-3-5-13)6-7-16-8-10-19-11-9-16/h1-5,14H,6-12H2,(H,17,18). The Bertz CT molecular complexity index is 388. The van der Waals surface area contributed by atoms with Crippen LogP contribution in [0, 0.1) is 5.92 Å². The second kappa shape index (κ2) is 7.26. The van der Waals surface area contributed by atoms with Gasteiger partial charge in [-0.25, -0.2) is 0 Å². The van der Waals surface area contributed by atoms with Gasteiger partial charge in [0, 0.05) is 13.1 Å². The zero-order valence-corrected chi connectivity index (χ0v) is 11.1. The lowest BCUT2D eigenvalue weighted by molar-refractivity contribution is -0.142. The Morgan fingerprint density at radius 1 is 1.26 bits per heavy atom. The molecule has 1 atom stereocenters. The van der Waals surface area contributed by atoms with Gasteiger partial charge in [0.2, 0.25) is 0 Å². The fourth-order valence-corrected chi connectivity index (χ4v) is 2.37. The molecule has 1 saturated heterocycles. The van der Waals surface area contributed by atoms with E-state index in [2.05, 4.69) is 4.90 Å². The summed E-state index contributed by atoms with van der Waals surface area (Å²) < 4.78 is 5.29. The van der Waals surface area contributed by atoms with E-state index < -0.39 is 5.97 Å². The van der Waals surface area contributed by atoms with E-state index in [1.165, 1.54) is 0 Å². The average Bonchev–Trinajstić information content (AvgIpc) is 2.45. The van der Waals surface area contributed by atoms with Crippen LogP contribution in [-0.2, 0) is 16.0 Å². The molecule has 1 fully saturated rings. The number of morpholine rings is 1. The van der Waals surface area contributed by atoms with Gasteiger partial charge in [0.15, 0.2) is 0 Å². The summed E-state index contributed by atoms with van der Waals surface area (Å²) >= 11 is 0. The lowest BCUT2D eigenvalue weighted by atomic mass is 9.96. The van der Waals surface area contributed by atoms with Crippen LogP contribution in [0.3, 0.4) is 0 Å². The maximum atomic E-state index is 11.3. The molecule has 1 aliphatic heterocycles. The molecule has 104 valence electrons. The molecular formula is C15H21NO3. The topological polar surface area (TPSA) is 49.8 Å². The predicted octanol–water partition coefficient (Wildman–Crippen LogP) is 1.65. The minimum absolute atomic E-state index is 0.301. The third-order valence-corrected chi connectivity index (χ3v) is 3.57. The first kappa shape index (κ1) is 14.0. The number of carbonyl (C=O) groups is 1. The highest BCUT2D eigenvalue weighted by molar-refractivity contribution is 5.70. The number of carboxylic acid groups (broad SMARTS) is 1. The van der Waals surface area contributed by atoms with Crippen LogP contribution < -0.4 is 0 Å². The fraction of sp³-hybridized carbons (Fsp3) is 0.533. The highest BCUT2D eigenvalue weighted by atomic mass is 16.5. The number of rotatable bonds is 6. The lowest BCUT2D eigenvalue weighted by Gasteiger charge is -2.27. The van der Waals surface area contributed by atoms with Crippen molar-refractivity contribution in [3.8, 4) is 0 Å². The first-order valence-electron chi connectivity index (χ1n) is 6.82. The van der Waals surface area contributed by atoms with Crippen molar-refractivity contribution in [2.24, 2.45) is 5.92 Å². The first-order valence-corrected chi connectivity index (χ1v) is 6.82. The highest BCUT2D eigenvalue weighted by Crippen LogP contribution is 2.14. The first-order chi connectivity index (χ1) is 9.25. The zero-order valence-electron chi connectivity index (χ0n) is 11.1. The number of ether oxygens (including phenoxy) is 1.